The standard InChI is InChI=1S/C27H29NO10.ClH/c1-10-22(30)14(28)7-17(37-10)38-16-9-27(35,11(2)29)8-13-19(16)26(34)20-21(24(13)32)25(33)18-12(23(20)31)5-4-6-15(18)36-3;/h4-6,10,14,16-17,22,30,32,34-35H,7-9,28H2,1-3H3;1H/t10-,14-,16-,17-,22+,27-;/m1./s1. The number of ether oxygens (including phenoxy) is 3. The van der Waals surface area contributed by atoms with Gasteiger partial charge in [-0.25, -0.2) is 0 Å². The van der Waals surface area contributed by atoms with E-state index in [2.05, 4.69) is 0 Å². The summed E-state index contributed by atoms with van der Waals surface area (Å²) in [6, 6.07) is 3.76. The molecule has 5 rings (SSSR count). The molecular formula is C27H30ClNO10. The smallest absolute Gasteiger partial charge is 0.202 e. The number of hydrogen-bond donors (Lipinski definition) is 5. The molecule has 6 N–H and O–H groups in total. The van der Waals surface area contributed by atoms with Crippen LogP contribution < -0.4 is 10.5 Å². The Morgan fingerprint density at radius 3 is 2.41 bits per heavy atom. The second-order valence-corrected chi connectivity index (χ2v) is 10.1. The van der Waals surface area contributed by atoms with E-state index in [-0.39, 0.29) is 53.3 Å². The molecule has 1 heterocycles. The normalized spacial score (nSPS) is 29.5. The number of aliphatic hydroxyl groups is 2. The van der Waals surface area contributed by atoms with Crippen LogP contribution in [0.3, 0.4) is 0 Å². The zero-order valence-corrected chi connectivity index (χ0v) is 22.3. The molecule has 11 nitrogen and oxygen atoms in total. The number of carbonyl (C=O) groups is 3. The first-order valence-corrected chi connectivity index (χ1v) is 12.2. The number of fused-ring (bicyclic) bond motifs is 3. The highest BCUT2D eigenvalue weighted by Crippen LogP contribution is 2.52. The molecule has 0 bridgehead atoms. The van der Waals surface area contributed by atoms with Gasteiger partial charge < -0.3 is 40.4 Å². The summed E-state index contributed by atoms with van der Waals surface area (Å²) in [5.41, 5.74) is 2.97. The Morgan fingerprint density at radius 2 is 1.79 bits per heavy atom. The van der Waals surface area contributed by atoms with Crippen LogP contribution in [0.15, 0.2) is 18.2 Å². The molecule has 0 radical (unpaired) electrons. The molecular weight excluding hydrogens is 534 g/mol. The molecule has 2 aromatic rings. The Labute approximate surface area is 229 Å². The summed E-state index contributed by atoms with van der Waals surface area (Å²) in [5.74, 6) is -3.19. The van der Waals surface area contributed by atoms with Gasteiger partial charge >= 0.3 is 0 Å². The van der Waals surface area contributed by atoms with Crippen molar-refractivity contribution in [2.24, 2.45) is 5.73 Å². The molecule has 1 saturated heterocycles. The fourth-order valence-electron chi connectivity index (χ4n) is 5.66. The number of benzene rings is 2. The average Bonchev–Trinajstić information content (AvgIpc) is 2.87. The van der Waals surface area contributed by atoms with E-state index in [1.54, 1.807) is 6.92 Å². The SMILES string of the molecule is COc1cccc2c1C(=O)c1c(O)c3c(c(O)c1C2=O)[C@H](O[C@@H]1C[C@@H](N)[C@@H](O)[C@@H](C)O1)C[C@@](O)(C(C)=O)C3.Cl. The minimum Gasteiger partial charge on any atom is -0.507 e. The zero-order chi connectivity index (χ0) is 27.7. The first-order chi connectivity index (χ1) is 17.9. The van der Waals surface area contributed by atoms with Crippen molar-refractivity contribution in [2.45, 2.75) is 69.4 Å². The quantitative estimate of drug-likeness (QED) is 0.289. The number of carbonyl (C=O) groups excluding carboxylic acids is 3. The number of phenolic OH excluding ortho intramolecular Hbond substituents is 2. The average molecular weight is 564 g/mol. The lowest BCUT2D eigenvalue weighted by atomic mass is 9.72. The third-order valence-electron chi connectivity index (χ3n) is 7.80. The number of aliphatic hydroxyl groups excluding tert-OH is 1. The largest absolute Gasteiger partial charge is 0.507 e. The minimum absolute atomic E-state index is 0. The van der Waals surface area contributed by atoms with E-state index in [1.165, 1.54) is 32.2 Å². The van der Waals surface area contributed by atoms with Gasteiger partial charge in [-0.15, -0.1) is 12.4 Å². The van der Waals surface area contributed by atoms with Crippen LogP contribution in [-0.4, -0.2) is 75.0 Å². The summed E-state index contributed by atoms with van der Waals surface area (Å²) < 4.78 is 17.0. The van der Waals surface area contributed by atoms with Crippen LogP contribution in [0.4, 0.5) is 0 Å². The molecule has 210 valence electrons. The lowest BCUT2D eigenvalue weighted by molar-refractivity contribution is -0.247. The van der Waals surface area contributed by atoms with Crippen molar-refractivity contribution in [1.29, 1.82) is 0 Å². The molecule has 0 unspecified atom stereocenters. The van der Waals surface area contributed by atoms with Crippen molar-refractivity contribution < 1.29 is 49.0 Å². The first kappa shape index (κ1) is 28.9. The third kappa shape index (κ3) is 4.39. The van der Waals surface area contributed by atoms with Gasteiger partial charge in [-0.3, -0.25) is 14.4 Å². The van der Waals surface area contributed by atoms with E-state index >= 15 is 0 Å². The predicted molar refractivity (Wildman–Crippen MR) is 138 cm³/mol. The number of nitrogens with two attached hydrogens (primary N) is 1. The zero-order valence-electron chi connectivity index (χ0n) is 21.5. The molecule has 1 fully saturated rings. The van der Waals surface area contributed by atoms with Gasteiger partial charge in [-0.2, -0.15) is 0 Å². The maximum Gasteiger partial charge on any atom is 0.202 e. The van der Waals surface area contributed by atoms with Crippen molar-refractivity contribution in [3.05, 3.63) is 51.6 Å². The van der Waals surface area contributed by atoms with Crippen molar-refractivity contribution in [3.63, 3.8) is 0 Å². The first-order valence-electron chi connectivity index (χ1n) is 12.2. The second kappa shape index (κ2) is 10.2. The number of methoxy groups -OCH3 is 1. The monoisotopic (exact) mass is 563 g/mol. The van der Waals surface area contributed by atoms with E-state index in [1.807, 2.05) is 0 Å². The second-order valence-electron chi connectivity index (χ2n) is 10.1. The van der Waals surface area contributed by atoms with Crippen molar-refractivity contribution in [1.82, 2.24) is 0 Å². The predicted octanol–water partition coefficient (Wildman–Crippen LogP) is 1.45. The molecule has 2 aromatic carbocycles. The minimum atomic E-state index is -2.00. The van der Waals surface area contributed by atoms with Crippen LogP contribution in [0.5, 0.6) is 17.2 Å². The highest BCUT2D eigenvalue weighted by molar-refractivity contribution is 6.31. The number of halogens is 1. The van der Waals surface area contributed by atoms with E-state index < -0.39 is 82.6 Å². The maximum atomic E-state index is 13.6. The number of Topliss-reactive ketones (excluding diaryl/α,β-unsaturated/α-hetero) is 1. The Bertz CT molecular complexity index is 1370. The van der Waals surface area contributed by atoms with Gasteiger partial charge in [0.15, 0.2) is 17.9 Å². The van der Waals surface area contributed by atoms with Gasteiger partial charge in [0.1, 0.15) is 22.8 Å². The lowest BCUT2D eigenvalue weighted by Crippen LogP contribution is -2.52. The number of hydrogen-bond acceptors (Lipinski definition) is 11. The summed E-state index contributed by atoms with van der Waals surface area (Å²) in [5, 5.41) is 44.1. The van der Waals surface area contributed by atoms with Crippen molar-refractivity contribution in [3.8, 4) is 17.2 Å². The maximum absolute atomic E-state index is 13.6. The fourth-order valence-corrected chi connectivity index (χ4v) is 5.66. The summed E-state index contributed by atoms with van der Waals surface area (Å²) >= 11 is 0. The van der Waals surface area contributed by atoms with Crippen LogP contribution in [0.1, 0.15) is 75.8 Å². The van der Waals surface area contributed by atoms with E-state index in [0.717, 1.165) is 0 Å². The molecule has 39 heavy (non-hydrogen) atoms. The molecule has 12 heteroatoms. The van der Waals surface area contributed by atoms with Crippen LogP contribution in [-0.2, 0) is 20.7 Å². The molecule has 3 aliphatic rings. The lowest BCUT2D eigenvalue weighted by Gasteiger charge is -2.42. The number of aromatic hydroxyl groups is 2. The summed E-state index contributed by atoms with van der Waals surface area (Å²) in [6.45, 7) is 2.79. The molecule has 1 aliphatic heterocycles. The summed E-state index contributed by atoms with van der Waals surface area (Å²) in [4.78, 5) is 39.6. The van der Waals surface area contributed by atoms with Crippen LogP contribution in [0.2, 0.25) is 0 Å². The number of phenols is 2. The highest BCUT2D eigenvalue weighted by Gasteiger charge is 2.49. The van der Waals surface area contributed by atoms with E-state index in [4.69, 9.17) is 19.9 Å². The molecule has 2 aliphatic carbocycles. The Balaban J connectivity index is 0.00000353. The third-order valence-corrected chi connectivity index (χ3v) is 7.80. The molecule has 0 saturated carbocycles. The van der Waals surface area contributed by atoms with Gasteiger partial charge in [0.05, 0.1) is 42.1 Å². The number of rotatable bonds is 4. The highest BCUT2D eigenvalue weighted by atomic mass is 35.5. The summed E-state index contributed by atoms with van der Waals surface area (Å²) in [6.07, 6.45) is -4.52. The Kier molecular flexibility index (Phi) is 7.54. The van der Waals surface area contributed by atoms with E-state index in [9.17, 15) is 34.8 Å². The van der Waals surface area contributed by atoms with Gasteiger partial charge in [-0.05, 0) is 19.9 Å². The van der Waals surface area contributed by atoms with Crippen molar-refractivity contribution >= 4 is 29.8 Å². The van der Waals surface area contributed by atoms with Gasteiger partial charge in [0, 0.05) is 42.0 Å². The molecule has 0 spiro atoms. The molecule has 0 aromatic heterocycles. The Hall–Kier alpha value is -3.06. The Morgan fingerprint density at radius 1 is 1.13 bits per heavy atom. The summed E-state index contributed by atoms with van der Waals surface area (Å²) in [7, 11) is 1.33. The van der Waals surface area contributed by atoms with Gasteiger partial charge in [-0.1, -0.05) is 12.1 Å². The van der Waals surface area contributed by atoms with Crippen molar-refractivity contribution in [2.75, 3.05) is 7.11 Å². The van der Waals surface area contributed by atoms with Gasteiger partial charge in [0.2, 0.25) is 5.78 Å². The van der Waals surface area contributed by atoms with Crippen LogP contribution in [0.25, 0.3) is 0 Å². The number of ketones is 3. The molecule has 0 amide bonds. The van der Waals surface area contributed by atoms with Crippen LogP contribution in [0, 0.1) is 0 Å². The topological polar surface area (TPSA) is 186 Å². The van der Waals surface area contributed by atoms with E-state index in [0.29, 0.717) is 0 Å². The fraction of sp³-hybridized carbons (Fsp3) is 0.444. The van der Waals surface area contributed by atoms with Gasteiger partial charge in [0.25, 0.3) is 0 Å². The molecule has 6 atom stereocenters. The van der Waals surface area contributed by atoms with Crippen LogP contribution >= 0.6 is 12.4 Å².